The van der Waals surface area contributed by atoms with E-state index in [-0.39, 0.29) is 6.61 Å². The predicted octanol–water partition coefficient (Wildman–Crippen LogP) is 0.259. The van der Waals surface area contributed by atoms with Gasteiger partial charge in [-0.15, -0.1) is 0 Å². The van der Waals surface area contributed by atoms with Gasteiger partial charge in [0.05, 0.1) is 12.3 Å². The lowest BCUT2D eigenvalue weighted by Gasteiger charge is -2.32. The SMILES string of the molecule is CCOC(=O)C1(F)C(=O)NC(=O)NC1ON=C(C)c1ccncc1. The van der Waals surface area contributed by atoms with Crippen LogP contribution in [0.15, 0.2) is 29.7 Å². The number of oxime groups is 1. The Balaban J connectivity index is 2.25. The number of nitrogens with zero attached hydrogens (tertiary/aromatic N) is 2. The number of alkyl halides is 1. The molecule has 10 heteroatoms. The van der Waals surface area contributed by atoms with Gasteiger partial charge in [-0.25, -0.2) is 14.0 Å². The summed E-state index contributed by atoms with van der Waals surface area (Å²) in [5.74, 6) is -2.96. The number of nitrogens with one attached hydrogen (secondary N) is 2. The summed E-state index contributed by atoms with van der Waals surface area (Å²) in [7, 11) is 0. The highest BCUT2D eigenvalue weighted by Crippen LogP contribution is 2.23. The van der Waals surface area contributed by atoms with Gasteiger partial charge in [0, 0.05) is 18.0 Å². The number of carbonyl (C=O) groups is 3. The van der Waals surface area contributed by atoms with Gasteiger partial charge < -0.3 is 9.57 Å². The van der Waals surface area contributed by atoms with Crippen LogP contribution in [0.25, 0.3) is 0 Å². The maximum absolute atomic E-state index is 14.9. The number of hydrogen-bond donors (Lipinski definition) is 2. The summed E-state index contributed by atoms with van der Waals surface area (Å²) in [5, 5.41) is 7.32. The van der Waals surface area contributed by atoms with Gasteiger partial charge in [-0.2, -0.15) is 0 Å². The molecule has 0 aliphatic carbocycles. The van der Waals surface area contributed by atoms with Crippen molar-refractivity contribution in [2.75, 3.05) is 6.61 Å². The maximum atomic E-state index is 14.9. The number of ether oxygens (including phenoxy) is 1. The van der Waals surface area contributed by atoms with Crippen LogP contribution in [0, 0.1) is 0 Å². The van der Waals surface area contributed by atoms with Gasteiger partial charge in [0.1, 0.15) is 0 Å². The molecule has 0 saturated carbocycles. The van der Waals surface area contributed by atoms with Gasteiger partial charge in [0.15, 0.2) is 0 Å². The van der Waals surface area contributed by atoms with Crippen molar-refractivity contribution < 1.29 is 28.3 Å². The highest BCUT2D eigenvalue weighted by Gasteiger charge is 2.61. The zero-order valence-corrected chi connectivity index (χ0v) is 12.9. The normalized spacial score (nSPS) is 24.0. The summed E-state index contributed by atoms with van der Waals surface area (Å²) in [6, 6.07) is 2.24. The second-order valence-corrected chi connectivity index (χ2v) is 4.76. The number of rotatable bonds is 5. The molecule has 2 heterocycles. The van der Waals surface area contributed by atoms with E-state index in [1.54, 1.807) is 24.4 Å². The van der Waals surface area contributed by atoms with Crippen molar-refractivity contribution in [2.45, 2.75) is 25.7 Å². The second-order valence-electron chi connectivity index (χ2n) is 4.76. The molecule has 2 atom stereocenters. The van der Waals surface area contributed by atoms with Crippen LogP contribution in [0.3, 0.4) is 0 Å². The Morgan fingerprint density at radius 2 is 2.08 bits per heavy atom. The number of imide groups is 1. The molecule has 128 valence electrons. The Bertz CT molecular complexity index is 681. The lowest BCUT2D eigenvalue weighted by atomic mass is 10.0. The topological polar surface area (TPSA) is 119 Å². The molecule has 1 fully saturated rings. The first-order valence-corrected chi connectivity index (χ1v) is 6.98. The molecule has 0 radical (unpaired) electrons. The van der Waals surface area contributed by atoms with E-state index in [9.17, 15) is 18.8 Å². The summed E-state index contributed by atoms with van der Waals surface area (Å²) in [6.45, 7) is 2.85. The number of halogens is 1. The van der Waals surface area contributed by atoms with E-state index in [0.29, 0.717) is 11.3 Å². The molecule has 1 aromatic rings. The van der Waals surface area contributed by atoms with Crippen molar-refractivity contribution in [3.63, 3.8) is 0 Å². The number of hydrogen-bond acceptors (Lipinski definition) is 7. The number of pyridine rings is 1. The Hall–Kier alpha value is -3.04. The average Bonchev–Trinajstić information content (AvgIpc) is 2.57. The molecule has 24 heavy (non-hydrogen) atoms. The molecular formula is C14H15FN4O5. The Morgan fingerprint density at radius 3 is 2.71 bits per heavy atom. The number of carbonyl (C=O) groups excluding carboxylic acids is 3. The van der Waals surface area contributed by atoms with Gasteiger partial charge in [-0.1, -0.05) is 5.16 Å². The van der Waals surface area contributed by atoms with Crippen LogP contribution in [0.1, 0.15) is 19.4 Å². The molecule has 2 rings (SSSR count). The minimum Gasteiger partial charge on any atom is -0.463 e. The van der Waals surface area contributed by atoms with E-state index in [0.717, 1.165) is 0 Å². The average molecular weight is 338 g/mol. The largest absolute Gasteiger partial charge is 0.463 e. The number of amides is 3. The molecule has 2 N–H and O–H groups in total. The van der Waals surface area contributed by atoms with E-state index < -0.39 is 29.8 Å². The second kappa shape index (κ2) is 7.02. The summed E-state index contributed by atoms with van der Waals surface area (Å²) >= 11 is 0. The number of aromatic nitrogens is 1. The molecule has 2 unspecified atom stereocenters. The van der Waals surface area contributed by atoms with Crippen molar-refractivity contribution >= 4 is 23.6 Å². The minimum atomic E-state index is -3.26. The first kappa shape index (κ1) is 17.3. The monoisotopic (exact) mass is 338 g/mol. The van der Waals surface area contributed by atoms with Crippen molar-refractivity contribution in [2.24, 2.45) is 5.16 Å². The van der Waals surface area contributed by atoms with Crippen LogP contribution in [0.5, 0.6) is 0 Å². The van der Waals surface area contributed by atoms with Crippen LogP contribution >= 0.6 is 0 Å². The van der Waals surface area contributed by atoms with Crippen molar-refractivity contribution in [1.29, 1.82) is 0 Å². The lowest BCUT2D eigenvalue weighted by molar-refractivity contribution is -0.179. The van der Waals surface area contributed by atoms with Gasteiger partial charge in [0.2, 0.25) is 0 Å². The molecule has 1 aliphatic rings. The lowest BCUT2D eigenvalue weighted by Crippen LogP contribution is -2.70. The highest BCUT2D eigenvalue weighted by atomic mass is 19.1. The highest BCUT2D eigenvalue weighted by molar-refractivity contribution is 6.14. The quantitative estimate of drug-likeness (QED) is 0.344. The predicted molar refractivity (Wildman–Crippen MR) is 78.5 cm³/mol. The summed E-state index contributed by atoms with van der Waals surface area (Å²) in [4.78, 5) is 43.7. The van der Waals surface area contributed by atoms with Crippen LogP contribution in [0.2, 0.25) is 0 Å². The van der Waals surface area contributed by atoms with Crippen LogP contribution in [-0.2, 0) is 19.2 Å². The Labute approximate surface area is 136 Å². The van der Waals surface area contributed by atoms with Crippen LogP contribution in [0.4, 0.5) is 9.18 Å². The van der Waals surface area contributed by atoms with Crippen molar-refractivity contribution in [3.8, 4) is 0 Å². The smallest absolute Gasteiger partial charge is 0.360 e. The molecular weight excluding hydrogens is 323 g/mol. The fraction of sp³-hybridized carbons (Fsp3) is 0.357. The zero-order chi connectivity index (χ0) is 17.7. The molecule has 1 aliphatic heterocycles. The van der Waals surface area contributed by atoms with Crippen LogP contribution in [-0.4, -0.2) is 47.1 Å². The van der Waals surface area contributed by atoms with E-state index in [1.165, 1.54) is 19.3 Å². The number of esters is 1. The molecule has 0 spiro atoms. The Morgan fingerprint density at radius 1 is 1.42 bits per heavy atom. The fourth-order valence-corrected chi connectivity index (χ4v) is 1.88. The fourth-order valence-electron chi connectivity index (χ4n) is 1.88. The van der Waals surface area contributed by atoms with E-state index in [1.807, 2.05) is 5.32 Å². The zero-order valence-electron chi connectivity index (χ0n) is 12.9. The van der Waals surface area contributed by atoms with E-state index >= 15 is 0 Å². The summed E-state index contributed by atoms with van der Waals surface area (Å²) in [6.07, 6.45) is 1.07. The van der Waals surface area contributed by atoms with Crippen molar-refractivity contribution in [1.82, 2.24) is 15.6 Å². The van der Waals surface area contributed by atoms with Gasteiger partial charge >= 0.3 is 17.7 Å². The van der Waals surface area contributed by atoms with Crippen LogP contribution < -0.4 is 10.6 Å². The van der Waals surface area contributed by atoms with E-state index in [4.69, 9.17) is 4.84 Å². The first-order valence-electron chi connectivity index (χ1n) is 6.98. The van der Waals surface area contributed by atoms with Gasteiger partial charge in [0.25, 0.3) is 12.1 Å². The third kappa shape index (κ3) is 3.31. The molecule has 1 aromatic heterocycles. The third-order valence-electron chi connectivity index (χ3n) is 3.15. The summed E-state index contributed by atoms with van der Waals surface area (Å²) in [5.41, 5.74) is -2.31. The Kier molecular flexibility index (Phi) is 5.07. The van der Waals surface area contributed by atoms with Gasteiger partial charge in [-0.3, -0.25) is 20.4 Å². The molecule has 3 amide bonds. The standard InChI is InChI=1S/C14H15FN4O5/c1-3-23-12(21)14(15)10(20)17-13(22)18-11(14)24-19-8(2)9-4-6-16-7-5-9/h4-7,11H,3H2,1-2H3,(H2,17,18,20,22). The molecule has 9 nitrogen and oxygen atoms in total. The summed E-state index contributed by atoms with van der Waals surface area (Å²) < 4.78 is 19.5. The number of urea groups is 1. The maximum Gasteiger partial charge on any atom is 0.360 e. The minimum absolute atomic E-state index is 0.155. The molecule has 0 aromatic carbocycles. The first-order chi connectivity index (χ1) is 11.4. The van der Waals surface area contributed by atoms with Gasteiger partial charge in [-0.05, 0) is 26.0 Å². The van der Waals surface area contributed by atoms with Crippen molar-refractivity contribution in [3.05, 3.63) is 30.1 Å². The van der Waals surface area contributed by atoms with E-state index in [2.05, 4.69) is 14.9 Å². The molecule has 1 saturated heterocycles. The molecule has 0 bridgehead atoms. The third-order valence-corrected chi connectivity index (χ3v) is 3.15.